The molecule has 0 aromatic heterocycles. The standard InChI is InChI=1S/C9H10ClNO2/c1-2-11-8-5-6(10)3-4-7(8)9(12)13/h3-5,11H,2H2,1H3,(H,12,13). The summed E-state index contributed by atoms with van der Waals surface area (Å²) in [6.45, 7) is 2.56. The number of hydrogen-bond donors (Lipinski definition) is 2. The predicted octanol–water partition coefficient (Wildman–Crippen LogP) is 2.47. The molecule has 0 saturated carbocycles. The first-order valence-electron chi connectivity index (χ1n) is 3.92. The van der Waals surface area contributed by atoms with Gasteiger partial charge in [-0.15, -0.1) is 0 Å². The smallest absolute Gasteiger partial charge is 0.337 e. The molecule has 13 heavy (non-hydrogen) atoms. The number of halogens is 1. The van der Waals surface area contributed by atoms with Crippen LogP contribution in [0.1, 0.15) is 17.3 Å². The molecule has 0 atom stereocenters. The van der Waals surface area contributed by atoms with Gasteiger partial charge in [-0.1, -0.05) is 11.6 Å². The van der Waals surface area contributed by atoms with Crippen molar-refractivity contribution in [3.05, 3.63) is 28.8 Å². The Balaban J connectivity index is 3.10. The molecule has 70 valence electrons. The lowest BCUT2D eigenvalue weighted by atomic mass is 10.2. The second-order valence-electron chi connectivity index (χ2n) is 2.53. The largest absolute Gasteiger partial charge is 0.478 e. The number of carbonyl (C=O) groups is 1. The third-order valence-corrected chi connectivity index (χ3v) is 1.81. The van der Waals surface area contributed by atoms with Crippen molar-refractivity contribution < 1.29 is 9.90 Å². The molecule has 0 radical (unpaired) electrons. The van der Waals surface area contributed by atoms with Crippen LogP contribution in [0.25, 0.3) is 0 Å². The fourth-order valence-electron chi connectivity index (χ4n) is 1.04. The van der Waals surface area contributed by atoms with Gasteiger partial charge in [-0.2, -0.15) is 0 Å². The Kier molecular flexibility index (Phi) is 3.14. The fraction of sp³-hybridized carbons (Fsp3) is 0.222. The average molecular weight is 200 g/mol. The van der Waals surface area contributed by atoms with Gasteiger partial charge in [0.15, 0.2) is 0 Å². The summed E-state index contributed by atoms with van der Waals surface area (Å²) in [4.78, 5) is 10.7. The Morgan fingerprint density at radius 3 is 2.85 bits per heavy atom. The average Bonchev–Trinajstić information content (AvgIpc) is 2.04. The lowest BCUT2D eigenvalue weighted by molar-refractivity contribution is 0.0698. The van der Waals surface area contributed by atoms with E-state index in [-0.39, 0.29) is 5.56 Å². The van der Waals surface area contributed by atoms with Gasteiger partial charge in [0.05, 0.1) is 11.3 Å². The highest BCUT2D eigenvalue weighted by atomic mass is 35.5. The number of benzene rings is 1. The number of carboxylic acids is 1. The van der Waals surface area contributed by atoms with Crippen LogP contribution >= 0.6 is 11.6 Å². The molecule has 0 saturated heterocycles. The Labute approximate surface area is 81.3 Å². The minimum absolute atomic E-state index is 0.242. The van der Waals surface area contributed by atoms with Gasteiger partial charge in [-0.25, -0.2) is 4.79 Å². The lowest BCUT2D eigenvalue weighted by Gasteiger charge is -2.07. The Bertz CT molecular complexity index is 325. The van der Waals surface area contributed by atoms with Crippen molar-refractivity contribution in [3.63, 3.8) is 0 Å². The molecule has 4 heteroatoms. The summed E-state index contributed by atoms with van der Waals surface area (Å²) in [6, 6.07) is 4.66. The van der Waals surface area contributed by atoms with Crippen LogP contribution in [0.2, 0.25) is 5.02 Å². The maximum absolute atomic E-state index is 10.7. The van der Waals surface area contributed by atoms with E-state index in [9.17, 15) is 4.79 Å². The van der Waals surface area contributed by atoms with E-state index in [0.717, 1.165) is 0 Å². The van der Waals surface area contributed by atoms with Crippen molar-refractivity contribution in [2.24, 2.45) is 0 Å². The molecule has 0 amide bonds. The molecular formula is C9H10ClNO2. The van der Waals surface area contributed by atoms with E-state index in [0.29, 0.717) is 17.3 Å². The Hall–Kier alpha value is -1.22. The maximum Gasteiger partial charge on any atom is 0.337 e. The van der Waals surface area contributed by atoms with Gasteiger partial charge >= 0.3 is 5.97 Å². The van der Waals surface area contributed by atoms with Gasteiger partial charge in [0, 0.05) is 11.6 Å². The minimum atomic E-state index is -0.951. The molecule has 0 spiro atoms. The van der Waals surface area contributed by atoms with E-state index in [4.69, 9.17) is 16.7 Å². The highest BCUT2D eigenvalue weighted by Gasteiger charge is 2.08. The summed E-state index contributed by atoms with van der Waals surface area (Å²) in [5.74, 6) is -0.951. The van der Waals surface area contributed by atoms with Gasteiger partial charge in [0.2, 0.25) is 0 Å². The van der Waals surface area contributed by atoms with E-state index in [1.54, 1.807) is 12.1 Å². The SMILES string of the molecule is CCNc1cc(Cl)ccc1C(=O)O. The lowest BCUT2D eigenvalue weighted by Crippen LogP contribution is -2.05. The zero-order valence-corrected chi connectivity index (χ0v) is 7.93. The van der Waals surface area contributed by atoms with E-state index >= 15 is 0 Å². The van der Waals surface area contributed by atoms with Crippen molar-refractivity contribution in [2.45, 2.75) is 6.92 Å². The van der Waals surface area contributed by atoms with Crippen molar-refractivity contribution in [1.29, 1.82) is 0 Å². The van der Waals surface area contributed by atoms with Gasteiger partial charge in [0.25, 0.3) is 0 Å². The highest BCUT2D eigenvalue weighted by molar-refractivity contribution is 6.31. The van der Waals surface area contributed by atoms with Gasteiger partial charge in [0.1, 0.15) is 0 Å². The third kappa shape index (κ3) is 2.36. The van der Waals surface area contributed by atoms with E-state index in [1.807, 2.05) is 6.92 Å². The van der Waals surface area contributed by atoms with Crippen LogP contribution in [0.15, 0.2) is 18.2 Å². The molecule has 2 N–H and O–H groups in total. The summed E-state index contributed by atoms with van der Waals surface area (Å²) in [5.41, 5.74) is 0.800. The predicted molar refractivity (Wildman–Crippen MR) is 52.6 cm³/mol. The number of rotatable bonds is 3. The number of anilines is 1. The van der Waals surface area contributed by atoms with Crippen molar-refractivity contribution in [3.8, 4) is 0 Å². The van der Waals surface area contributed by atoms with Gasteiger partial charge in [-0.3, -0.25) is 0 Å². The Morgan fingerprint density at radius 1 is 1.62 bits per heavy atom. The molecule has 3 nitrogen and oxygen atoms in total. The molecule has 1 aromatic rings. The number of nitrogens with one attached hydrogen (secondary N) is 1. The first-order valence-corrected chi connectivity index (χ1v) is 4.29. The second-order valence-corrected chi connectivity index (χ2v) is 2.96. The zero-order valence-electron chi connectivity index (χ0n) is 7.17. The van der Waals surface area contributed by atoms with Gasteiger partial charge < -0.3 is 10.4 Å². The molecule has 1 aromatic carbocycles. The maximum atomic E-state index is 10.7. The topological polar surface area (TPSA) is 49.3 Å². The molecule has 0 bridgehead atoms. The van der Waals surface area contributed by atoms with Crippen LogP contribution in [0.4, 0.5) is 5.69 Å². The van der Waals surface area contributed by atoms with Crippen LogP contribution in [0.5, 0.6) is 0 Å². The van der Waals surface area contributed by atoms with Crippen LogP contribution in [0.3, 0.4) is 0 Å². The molecule has 1 rings (SSSR count). The van der Waals surface area contributed by atoms with Crippen LogP contribution < -0.4 is 5.32 Å². The van der Waals surface area contributed by atoms with Crippen LogP contribution in [-0.4, -0.2) is 17.6 Å². The molecule has 0 aliphatic rings. The quantitative estimate of drug-likeness (QED) is 0.786. The number of carboxylic acid groups (broad SMARTS) is 1. The molecule has 0 aliphatic heterocycles. The summed E-state index contributed by atoms with van der Waals surface area (Å²) >= 11 is 5.72. The minimum Gasteiger partial charge on any atom is -0.478 e. The summed E-state index contributed by atoms with van der Waals surface area (Å²) in [6.07, 6.45) is 0. The van der Waals surface area contributed by atoms with Crippen LogP contribution in [0, 0.1) is 0 Å². The molecule has 0 unspecified atom stereocenters. The first-order chi connectivity index (χ1) is 6.15. The molecule has 0 fully saturated rings. The summed E-state index contributed by atoms with van der Waals surface area (Å²) in [7, 11) is 0. The van der Waals surface area contributed by atoms with Crippen molar-refractivity contribution in [1.82, 2.24) is 0 Å². The zero-order chi connectivity index (χ0) is 9.84. The van der Waals surface area contributed by atoms with Crippen LogP contribution in [-0.2, 0) is 0 Å². The second kappa shape index (κ2) is 4.14. The van der Waals surface area contributed by atoms with E-state index in [2.05, 4.69) is 5.32 Å². The third-order valence-electron chi connectivity index (χ3n) is 1.58. The Morgan fingerprint density at radius 2 is 2.31 bits per heavy atom. The number of aromatic carboxylic acids is 1. The fourth-order valence-corrected chi connectivity index (χ4v) is 1.21. The van der Waals surface area contributed by atoms with Gasteiger partial charge in [-0.05, 0) is 25.1 Å². The van der Waals surface area contributed by atoms with Crippen molar-refractivity contribution in [2.75, 3.05) is 11.9 Å². The monoisotopic (exact) mass is 199 g/mol. The number of hydrogen-bond acceptors (Lipinski definition) is 2. The summed E-state index contributed by atoms with van der Waals surface area (Å²) in [5, 5.41) is 12.3. The highest BCUT2D eigenvalue weighted by Crippen LogP contribution is 2.20. The van der Waals surface area contributed by atoms with Crippen molar-refractivity contribution >= 4 is 23.3 Å². The first kappa shape index (κ1) is 9.86. The normalized spacial score (nSPS) is 9.69. The molecule has 0 heterocycles. The van der Waals surface area contributed by atoms with E-state index in [1.165, 1.54) is 6.07 Å². The molecule has 0 aliphatic carbocycles. The summed E-state index contributed by atoms with van der Waals surface area (Å²) < 4.78 is 0. The molecular weight excluding hydrogens is 190 g/mol. The van der Waals surface area contributed by atoms with E-state index < -0.39 is 5.97 Å².